The second-order valence-corrected chi connectivity index (χ2v) is 7.75. The SMILES string of the molecule is Cc1cc(C)c(NC(=O)[C@@H](C)Sc2nnc(-c3cccnc3)n2N)c(C)c1. The van der Waals surface area contributed by atoms with E-state index < -0.39 is 5.25 Å². The normalized spacial score (nSPS) is 12.0. The molecule has 0 bridgehead atoms. The predicted molar refractivity (Wildman–Crippen MR) is 108 cm³/mol. The maximum absolute atomic E-state index is 12.7. The molecule has 1 amide bonds. The summed E-state index contributed by atoms with van der Waals surface area (Å²) in [6.45, 7) is 7.84. The lowest BCUT2D eigenvalue weighted by atomic mass is 10.1. The summed E-state index contributed by atoms with van der Waals surface area (Å²) < 4.78 is 1.38. The molecule has 0 aliphatic heterocycles. The van der Waals surface area contributed by atoms with Gasteiger partial charge in [0.15, 0.2) is 5.82 Å². The molecule has 140 valence electrons. The zero-order chi connectivity index (χ0) is 19.6. The van der Waals surface area contributed by atoms with Crippen molar-refractivity contribution < 1.29 is 4.79 Å². The quantitative estimate of drug-likeness (QED) is 0.520. The summed E-state index contributed by atoms with van der Waals surface area (Å²) in [5, 5.41) is 11.3. The number of amides is 1. The Morgan fingerprint density at radius 2 is 1.93 bits per heavy atom. The minimum Gasteiger partial charge on any atom is -0.335 e. The minimum atomic E-state index is -0.390. The van der Waals surface area contributed by atoms with E-state index >= 15 is 0 Å². The van der Waals surface area contributed by atoms with Crippen molar-refractivity contribution in [3.63, 3.8) is 0 Å². The van der Waals surface area contributed by atoms with Crippen LogP contribution in [-0.2, 0) is 4.79 Å². The van der Waals surface area contributed by atoms with Crippen LogP contribution in [0.1, 0.15) is 23.6 Å². The number of pyridine rings is 1. The van der Waals surface area contributed by atoms with Crippen molar-refractivity contribution >= 4 is 23.4 Å². The Kier molecular flexibility index (Phi) is 5.46. The summed E-state index contributed by atoms with van der Waals surface area (Å²) >= 11 is 1.26. The van der Waals surface area contributed by atoms with Crippen LogP contribution in [-0.4, -0.2) is 31.0 Å². The van der Waals surface area contributed by atoms with Gasteiger partial charge in [-0.05, 0) is 51.0 Å². The number of nitrogens with zero attached hydrogens (tertiary/aromatic N) is 4. The number of hydrogen-bond donors (Lipinski definition) is 2. The molecular formula is C19H22N6OS. The number of benzene rings is 1. The number of nitrogens with two attached hydrogens (primary N) is 1. The zero-order valence-corrected chi connectivity index (χ0v) is 16.5. The van der Waals surface area contributed by atoms with Crippen LogP contribution in [0.5, 0.6) is 0 Å². The van der Waals surface area contributed by atoms with E-state index in [9.17, 15) is 4.79 Å². The summed E-state index contributed by atoms with van der Waals surface area (Å²) in [5.74, 6) is 6.51. The molecule has 0 saturated heterocycles. The summed E-state index contributed by atoms with van der Waals surface area (Å²) in [7, 11) is 0. The fourth-order valence-electron chi connectivity index (χ4n) is 2.86. The van der Waals surface area contributed by atoms with Crippen molar-refractivity contribution in [3.8, 4) is 11.4 Å². The molecular weight excluding hydrogens is 360 g/mol. The van der Waals surface area contributed by atoms with Crippen LogP contribution in [0.25, 0.3) is 11.4 Å². The van der Waals surface area contributed by atoms with Gasteiger partial charge < -0.3 is 11.2 Å². The number of hydrogen-bond acceptors (Lipinski definition) is 6. The van der Waals surface area contributed by atoms with Crippen LogP contribution in [0.2, 0.25) is 0 Å². The number of nitrogen functional groups attached to an aromatic ring is 1. The van der Waals surface area contributed by atoms with Crippen molar-refractivity contribution in [3.05, 3.63) is 53.3 Å². The third-order valence-electron chi connectivity index (χ3n) is 4.16. The topological polar surface area (TPSA) is 98.7 Å². The maximum Gasteiger partial charge on any atom is 0.237 e. The molecule has 7 nitrogen and oxygen atoms in total. The monoisotopic (exact) mass is 382 g/mol. The summed E-state index contributed by atoms with van der Waals surface area (Å²) in [6, 6.07) is 7.77. The second-order valence-electron chi connectivity index (χ2n) is 6.44. The Labute approximate surface area is 162 Å². The Bertz CT molecular complexity index is 947. The summed E-state index contributed by atoms with van der Waals surface area (Å²) in [4.78, 5) is 16.7. The number of carbonyl (C=O) groups excluding carboxylic acids is 1. The molecule has 1 atom stereocenters. The molecule has 0 spiro atoms. The van der Waals surface area contributed by atoms with Crippen LogP contribution in [0, 0.1) is 20.8 Å². The first-order valence-electron chi connectivity index (χ1n) is 8.53. The van der Waals surface area contributed by atoms with Gasteiger partial charge in [0.1, 0.15) is 0 Å². The standard InChI is InChI=1S/C19H22N6OS/c1-11-8-12(2)16(13(3)9-11)22-18(26)14(4)27-19-24-23-17(25(19)20)15-6-5-7-21-10-15/h5-10,14H,20H2,1-4H3,(H,22,26)/t14-/m1/s1. The smallest absolute Gasteiger partial charge is 0.237 e. The van der Waals surface area contributed by atoms with Crippen LogP contribution in [0.3, 0.4) is 0 Å². The van der Waals surface area contributed by atoms with Crippen LogP contribution < -0.4 is 11.2 Å². The number of carbonyl (C=O) groups is 1. The highest BCUT2D eigenvalue weighted by Gasteiger charge is 2.21. The fourth-order valence-corrected chi connectivity index (χ4v) is 3.63. The van der Waals surface area contributed by atoms with Gasteiger partial charge in [0.05, 0.1) is 5.25 Å². The molecule has 3 rings (SSSR count). The molecule has 0 aliphatic carbocycles. The Morgan fingerprint density at radius 3 is 2.56 bits per heavy atom. The largest absolute Gasteiger partial charge is 0.335 e. The molecule has 0 saturated carbocycles. The molecule has 3 N–H and O–H groups in total. The highest BCUT2D eigenvalue weighted by molar-refractivity contribution is 8.00. The fraction of sp³-hybridized carbons (Fsp3) is 0.263. The van der Waals surface area contributed by atoms with Gasteiger partial charge in [-0.2, -0.15) is 0 Å². The van der Waals surface area contributed by atoms with E-state index in [1.165, 1.54) is 22.0 Å². The number of anilines is 1. The van der Waals surface area contributed by atoms with Gasteiger partial charge in [0.25, 0.3) is 0 Å². The lowest BCUT2D eigenvalue weighted by Crippen LogP contribution is -2.24. The van der Waals surface area contributed by atoms with E-state index in [4.69, 9.17) is 5.84 Å². The van der Waals surface area contributed by atoms with Crippen molar-refractivity contribution in [2.24, 2.45) is 0 Å². The molecule has 2 aromatic heterocycles. The second kappa shape index (κ2) is 7.79. The van der Waals surface area contributed by atoms with Gasteiger partial charge in [-0.15, -0.1) is 10.2 Å². The number of nitrogens with one attached hydrogen (secondary N) is 1. The molecule has 0 fully saturated rings. The summed E-state index contributed by atoms with van der Waals surface area (Å²) in [5.41, 5.74) is 4.87. The highest BCUT2D eigenvalue weighted by Crippen LogP contribution is 2.27. The minimum absolute atomic E-state index is 0.110. The Morgan fingerprint density at radius 1 is 1.22 bits per heavy atom. The number of aromatic nitrogens is 4. The Hall–Kier alpha value is -2.87. The summed E-state index contributed by atoms with van der Waals surface area (Å²) in [6.07, 6.45) is 3.35. The van der Waals surface area contributed by atoms with E-state index in [2.05, 4.69) is 32.6 Å². The van der Waals surface area contributed by atoms with Gasteiger partial charge in [0, 0.05) is 23.6 Å². The maximum atomic E-state index is 12.7. The first-order chi connectivity index (χ1) is 12.9. The lowest BCUT2D eigenvalue weighted by Gasteiger charge is -2.16. The average molecular weight is 382 g/mol. The first kappa shape index (κ1) is 18.9. The Balaban J connectivity index is 1.73. The van der Waals surface area contributed by atoms with E-state index in [0.29, 0.717) is 11.0 Å². The predicted octanol–water partition coefficient (Wildman–Crippen LogP) is 3.10. The highest BCUT2D eigenvalue weighted by atomic mass is 32.2. The number of aryl methyl sites for hydroxylation is 3. The third kappa shape index (κ3) is 4.11. The number of thioether (sulfide) groups is 1. The van der Waals surface area contributed by atoms with Crippen LogP contribution >= 0.6 is 11.8 Å². The molecule has 3 aromatic rings. The van der Waals surface area contributed by atoms with Crippen molar-refractivity contribution in [1.82, 2.24) is 19.9 Å². The van der Waals surface area contributed by atoms with Crippen LogP contribution in [0.15, 0.2) is 41.8 Å². The van der Waals surface area contributed by atoms with Crippen molar-refractivity contribution in [1.29, 1.82) is 0 Å². The van der Waals surface area contributed by atoms with E-state index in [1.54, 1.807) is 18.5 Å². The molecule has 0 unspecified atom stereocenters. The molecule has 2 heterocycles. The van der Waals surface area contributed by atoms with Gasteiger partial charge in [0.2, 0.25) is 11.1 Å². The molecule has 0 aliphatic rings. The van der Waals surface area contributed by atoms with E-state index in [1.807, 2.05) is 33.8 Å². The van der Waals surface area contributed by atoms with Crippen LogP contribution in [0.4, 0.5) is 5.69 Å². The molecule has 1 aromatic carbocycles. The van der Waals surface area contributed by atoms with Gasteiger partial charge in [-0.3, -0.25) is 9.78 Å². The lowest BCUT2D eigenvalue weighted by molar-refractivity contribution is -0.115. The average Bonchev–Trinajstić information content (AvgIpc) is 2.99. The van der Waals surface area contributed by atoms with Crippen molar-refractivity contribution in [2.75, 3.05) is 11.2 Å². The van der Waals surface area contributed by atoms with E-state index in [-0.39, 0.29) is 5.91 Å². The van der Waals surface area contributed by atoms with Gasteiger partial charge in [-0.25, -0.2) is 4.68 Å². The molecule has 8 heteroatoms. The van der Waals surface area contributed by atoms with E-state index in [0.717, 1.165) is 22.4 Å². The number of rotatable bonds is 5. The van der Waals surface area contributed by atoms with Gasteiger partial charge >= 0.3 is 0 Å². The molecule has 27 heavy (non-hydrogen) atoms. The third-order valence-corrected chi connectivity index (χ3v) is 5.22. The van der Waals surface area contributed by atoms with Crippen molar-refractivity contribution in [2.45, 2.75) is 38.1 Å². The van der Waals surface area contributed by atoms with Gasteiger partial charge in [-0.1, -0.05) is 29.5 Å². The molecule has 0 radical (unpaired) electrons. The zero-order valence-electron chi connectivity index (χ0n) is 15.7. The first-order valence-corrected chi connectivity index (χ1v) is 9.41.